The van der Waals surface area contributed by atoms with Gasteiger partial charge in [0.1, 0.15) is 0 Å². The quantitative estimate of drug-likeness (QED) is 0.750. The van der Waals surface area contributed by atoms with Crippen molar-refractivity contribution in [3.63, 3.8) is 0 Å². The number of piperazine rings is 1. The number of hydrogen-bond acceptors (Lipinski definition) is 2. The molecule has 1 rings (SSSR count). The lowest BCUT2D eigenvalue weighted by atomic mass is 9.99. The normalized spacial score (nSPS) is 20.9. The molecule has 0 aromatic carbocycles. The molecule has 1 heterocycles. The van der Waals surface area contributed by atoms with Crippen molar-refractivity contribution in [2.75, 3.05) is 19.6 Å². The third-order valence-electron chi connectivity index (χ3n) is 3.29. The molecule has 1 saturated heterocycles. The Labute approximate surface area is 104 Å². The van der Waals surface area contributed by atoms with Crippen LogP contribution in [0.25, 0.3) is 0 Å². The first kappa shape index (κ1) is 14.0. The molecule has 17 heavy (non-hydrogen) atoms. The van der Waals surface area contributed by atoms with E-state index in [1.165, 1.54) is 0 Å². The zero-order valence-electron chi connectivity index (χ0n) is 11.4. The Bertz CT molecular complexity index is 289. The zero-order chi connectivity index (χ0) is 13.0. The monoisotopic (exact) mass is 240 g/mol. The predicted molar refractivity (Wildman–Crippen MR) is 67.5 cm³/mol. The van der Waals surface area contributed by atoms with Gasteiger partial charge in [0.15, 0.2) is 0 Å². The highest BCUT2D eigenvalue weighted by Crippen LogP contribution is 2.18. The number of hydrogen-bond donors (Lipinski definition) is 0. The summed E-state index contributed by atoms with van der Waals surface area (Å²) < 4.78 is 0. The Balaban J connectivity index is 2.69. The molecule has 98 valence electrons. The molecule has 0 aliphatic carbocycles. The van der Waals surface area contributed by atoms with Crippen LogP contribution in [0.15, 0.2) is 0 Å². The fourth-order valence-corrected chi connectivity index (χ4v) is 2.47. The molecule has 0 unspecified atom stereocenters. The molecule has 0 aromatic heterocycles. The average Bonchev–Trinajstić information content (AvgIpc) is 2.26. The third-order valence-corrected chi connectivity index (χ3v) is 3.29. The number of carbonyl (C=O) groups is 2. The molecule has 4 nitrogen and oxygen atoms in total. The van der Waals surface area contributed by atoms with Crippen molar-refractivity contribution >= 4 is 11.8 Å². The first-order valence-electron chi connectivity index (χ1n) is 6.50. The molecule has 0 bridgehead atoms. The van der Waals surface area contributed by atoms with Crippen LogP contribution in [0.3, 0.4) is 0 Å². The maximum Gasteiger partial charge on any atom is 0.222 e. The van der Waals surface area contributed by atoms with Crippen LogP contribution >= 0.6 is 0 Å². The largest absolute Gasteiger partial charge is 0.339 e. The molecular formula is C13H24N2O2. The molecule has 0 saturated carbocycles. The molecule has 2 amide bonds. The zero-order valence-corrected chi connectivity index (χ0v) is 11.4. The fraction of sp³-hybridized carbons (Fsp3) is 0.846. The van der Waals surface area contributed by atoms with Gasteiger partial charge < -0.3 is 9.80 Å². The Morgan fingerprint density at radius 3 is 2.41 bits per heavy atom. The van der Waals surface area contributed by atoms with Gasteiger partial charge in [0.05, 0.1) is 0 Å². The summed E-state index contributed by atoms with van der Waals surface area (Å²) in [6.45, 7) is 9.86. The van der Waals surface area contributed by atoms with Gasteiger partial charge in [0.2, 0.25) is 11.8 Å². The fourth-order valence-electron chi connectivity index (χ4n) is 2.47. The van der Waals surface area contributed by atoms with Crippen molar-refractivity contribution < 1.29 is 9.59 Å². The molecule has 1 fully saturated rings. The van der Waals surface area contributed by atoms with E-state index in [1.54, 1.807) is 6.92 Å². The van der Waals surface area contributed by atoms with E-state index in [-0.39, 0.29) is 17.9 Å². The van der Waals surface area contributed by atoms with Crippen LogP contribution in [0.4, 0.5) is 0 Å². The molecule has 1 aliphatic heterocycles. The first-order valence-corrected chi connectivity index (χ1v) is 6.50. The molecule has 4 heteroatoms. The lowest BCUT2D eigenvalue weighted by molar-refractivity contribution is -0.142. The SMILES string of the molecule is CCC(=O)N1CCN(C(C)=O)[C@@H](CC(C)C)C1. The van der Waals surface area contributed by atoms with E-state index in [0.29, 0.717) is 32.0 Å². The van der Waals surface area contributed by atoms with Gasteiger partial charge in [-0.1, -0.05) is 20.8 Å². The molecule has 1 aliphatic rings. The minimum absolute atomic E-state index is 0.124. The topological polar surface area (TPSA) is 40.6 Å². The Morgan fingerprint density at radius 2 is 1.94 bits per heavy atom. The highest BCUT2D eigenvalue weighted by atomic mass is 16.2. The van der Waals surface area contributed by atoms with Crippen LogP contribution in [-0.4, -0.2) is 47.3 Å². The van der Waals surface area contributed by atoms with Crippen LogP contribution in [-0.2, 0) is 9.59 Å². The highest BCUT2D eigenvalue weighted by molar-refractivity contribution is 5.77. The second-order valence-corrected chi connectivity index (χ2v) is 5.19. The molecular weight excluding hydrogens is 216 g/mol. The number of amides is 2. The maximum absolute atomic E-state index is 11.7. The van der Waals surface area contributed by atoms with Gasteiger partial charge in [-0.15, -0.1) is 0 Å². The van der Waals surface area contributed by atoms with E-state index in [1.807, 2.05) is 16.7 Å². The average molecular weight is 240 g/mol. The highest BCUT2D eigenvalue weighted by Gasteiger charge is 2.30. The molecule has 0 spiro atoms. The maximum atomic E-state index is 11.7. The predicted octanol–water partition coefficient (Wildman–Crippen LogP) is 1.50. The van der Waals surface area contributed by atoms with Crippen molar-refractivity contribution in [2.24, 2.45) is 5.92 Å². The summed E-state index contributed by atoms with van der Waals surface area (Å²) in [5.74, 6) is 0.861. The summed E-state index contributed by atoms with van der Waals surface area (Å²) in [5.41, 5.74) is 0. The van der Waals surface area contributed by atoms with Crippen molar-refractivity contribution in [3.8, 4) is 0 Å². The van der Waals surface area contributed by atoms with Crippen molar-refractivity contribution in [2.45, 2.75) is 46.6 Å². The second kappa shape index (κ2) is 6.03. The van der Waals surface area contributed by atoms with E-state index < -0.39 is 0 Å². The molecule has 0 aromatic rings. The standard InChI is InChI=1S/C13H24N2O2/c1-5-13(17)14-6-7-15(11(4)16)12(9-14)8-10(2)3/h10,12H,5-9H2,1-4H3/t12-/m0/s1. The summed E-state index contributed by atoms with van der Waals surface area (Å²) in [4.78, 5) is 27.1. The minimum atomic E-state index is 0.124. The van der Waals surface area contributed by atoms with Crippen LogP contribution in [0.5, 0.6) is 0 Å². The Kier molecular flexibility index (Phi) is 4.97. The number of carbonyl (C=O) groups excluding carboxylic acids is 2. The van der Waals surface area contributed by atoms with E-state index in [0.717, 1.165) is 6.42 Å². The van der Waals surface area contributed by atoms with E-state index in [9.17, 15) is 9.59 Å². The first-order chi connectivity index (χ1) is 7.95. The number of rotatable bonds is 3. The summed E-state index contributed by atoms with van der Waals surface area (Å²) >= 11 is 0. The minimum Gasteiger partial charge on any atom is -0.339 e. The van der Waals surface area contributed by atoms with Crippen LogP contribution in [0, 0.1) is 5.92 Å². The van der Waals surface area contributed by atoms with Crippen molar-refractivity contribution in [1.29, 1.82) is 0 Å². The molecule has 0 radical (unpaired) electrons. The van der Waals surface area contributed by atoms with Crippen LogP contribution in [0.1, 0.15) is 40.5 Å². The van der Waals surface area contributed by atoms with E-state index in [2.05, 4.69) is 13.8 Å². The lowest BCUT2D eigenvalue weighted by Gasteiger charge is -2.41. The Hall–Kier alpha value is -1.06. The van der Waals surface area contributed by atoms with Crippen LogP contribution in [0.2, 0.25) is 0 Å². The van der Waals surface area contributed by atoms with Crippen molar-refractivity contribution in [1.82, 2.24) is 9.80 Å². The second-order valence-electron chi connectivity index (χ2n) is 5.19. The smallest absolute Gasteiger partial charge is 0.222 e. The Morgan fingerprint density at radius 1 is 1.29 bits per heavy atom. The third kappa shape index (κ3) is 3.72. The van der Waals surface area contributed by atoms with Crippen molar-refractivity contribution in [3.05, 3.63) is 0 Å². The summed E-state index contributed by atoms with van der Waals surface area (Å²) in [6.07, 6.45) is 1.52. The van der Waals surface area contributed by atoms with E-state index >= 15 is 0 Å². The molecule has 0 N–H and O–H groups in total. The van der Waals surface area contributed by atoms with Crippen LogP contribution < -0.4 is 0 Å². The van der Waals surface area contributed by atoms with Gasteiger partial charge >= 0.3 is 0 Å². The molecule has 1 atom stereocenters. The van der Waals surface area contributed by atoms with Gasteiger partial charge in [0, 0.05) is 39.0 Å². The summed E-state index contributed by atoms with van der Waals surface area (Å²) in [6, 6.07) is 0.191. The van der Waals surface area contributed by atoms with Gasteiger partial charge in [-0.25, -0.2) is 0 Å². The van der Waals surface area contributed by atoms with E-state index in [4.69, 9.17) is 0 Å². The van der Waals surface area contributed by atoms with Gasteiger partial charge in [0.25, 0.3) is 0 Å². The van der Waals surface area contributed by atoms with Gasteiger partial charge in [-0.05, 0) is 12.3 Å². The summed E-state index contributed by atoms with van der Waals surface area (Å²) in [5, 5.41) is 0. The lowest BCUT2D eigenvalue weighted by Crippen LogP contribution is -2.56. The summed E-state index contributed by atoms with van der Waals surface area (Å²) in [7, 11) is 0. The number of nitrogens with zero attached hydrogens (tertiary/aromatic N) is 2. The van der Waals surface area contributed by atoms with Gasteiger partial charge in [-0.3, -0.25) is 9.59 Å². The van der Waals surface area contributed by atoms with Gasteiger partial charge in [-0.2, -0.15) is 0 Å².